The molecule has 0 atom stereocenters. The molecule has 0 N–H and O–H groups in total. The minimum atomic E-state index is -0.0746. The van der Waals surface area contributed by atoms with Crippen molar-refractivity contribution in [3.05, 3.63) is 31.2 Å². The standard InChI is InChI=1S/C8Cl4N2.Cu/c9-5-3(1-13)6(10)8(12)7(11)4(5)2-14;. The van der Waals surface area contributed by atoms with Crippen molar-refractivity contribution in [2.45, 2.75) is 0 Å². The third-order valence-electron chi connectivity index (χ3n) is 1.49. The smallest absolute Gasteiger partial charge is 0.102 e. The van der Waals surface area contributed by atoms with Gasteiger partial charge in [0, 0.05) is 17.1 Å². The van der Waals surface area contributed by atoms with Gasteiger partial charge in [0.15, 0.2) is 0 Å². The molecule has 1 aromatic rings. The van der Waals surface area contributed by atoms with Crippen LogP contribution in [0.2, 0.25) is 20.1 Å². The van der Waals surface area contributed by atoms with E-state index < -0.39 is 0 Å². The van der Waals surface area contributed by atoms with Gasteiger partial charge in [0.05, 0.1) is 31.2 Å². The van der Waals surface area contributed by atoms with Crippen molar-refractivity contribution in [2.24, 2.45) is 0 Å². The quantitative estimate of drug-likeness (QED) is 0.410. The van der Waals surface area contributed by atoms with Crippen molar-refractivity contribution in [3.63, 3.8) is 0 Å². The van der Waals surface area contributed by atoms with Crippen molar-refractivity contribution in [2.75, 3.05) is 0 Å². The molecule has 0 aliphatic heterocycles. The van der Waals surface area contributed by atoms with Crippen molar-refractivity contribution >= 4 is 46.4 Å². The maximum absolute atomic E-state index is 8.70. The molecule has 0 heterocycles. The molecule has 0 spiro atoms. The number of hydrogen-bond donors (Lipinski definition) is 0. The van der Waals surface area contributed by atoms with Crippen molar-refractivity contribution < 1.29 is 17.1 Å². The van der Waals surface area contributed by atoms with E-state index in [4.69, 9.17) is 56.9 Å². The summed E-state index contributed by atoms with van der Waals surface area (Å²) in [4.78, 5) is 0. The molecular formula is C8Cl4CuN2. The minimum Gasteiger partial charge on any atom is -0.192 e. The van der Waals surface area contributed by atoms with E-state index in [0.717, 1.165) is 0 Å². The molecular weight excluding hydrogens is 329 g/mol. The second-order valence-corrected chi connectivity index (χ2v) is 3.74. The van der Waals surface area contributed by atoms with E-state index >= 15 is 0 Å². The molecule has 81 valence electrons. The van der Waals surface area contributed by atoms with Gasteiger partial charge in [0.25, 0.3) is 0 Å². The Morgan fingerprint density at radius 2 is 1.00 bits per heavy atom. The van der Waals surface area contributed by atoms with Crippen molar-refractivity contribution in [1.29, 1.82) is 10.5 Å². The topological polar surface area (TPSA) is 47.6 Å². The van der Waals surface area contributed by atoms with E-state index in [1.54, 1.807) is 12.1 Å². The van der Waals surface area contributed by atoms with Crippen LogP contribution in [0.3, 0.4) is 0 Å². The Labute approximate surface area is 117 Å². The molecule has 0 fully saturated rings. The van der Waals surface area contributed by atoms with E-state index in [0.29, 0.717) is 0 Å². The first-order valence-electron chi connectivity index (χ1n) is 3.20. The van der Waals surface area contributed by atoms with E-state index in [9.17, 15) is 0 Å². The monoisotopic (exact) mass is 327 g/mol. The summed E-state index contributed by atoms with van der Waals surface area (Å²) < 4.78 is 0. The Balaban J connectivity index is 0.00000196. The maximum Gasteiger partial charge on any atom is 0.102 e. The van der Waals surface area contributed by atoms with Crippen LogP contribution in [0.1, 0.15) is 11.1 Å². The molecule has 0 saturated heterocycles. The maximum atomic E-state index is 8.70. The minimum absolute atomic E-state index is 0. The molecule has 1 radical (unpaired) electrons. The van der Waals surface area contributed by atoms with Crippen molar-refractivity contribution in [3.8, 4) is 12.1 Å². The number of benzene rings is 1. The Kier molecular flexibility index (Phi) is 5.78. The summed E-state index contributed by atoms with van der Waals surface area (Å²) >= 11 is 22.8. The summed E-state index contributed by atoms with van der Waals surface area (Å²) in [6.45, 7) is 0. The van der Waals surface area contributed by atoms with Crippen LogP contribution in [0.15, 0.2) is 0 Å². The van der Waals surface area contributed by atoms with Gasteiger partial charge in [-0.25, -0.2) is 0 Å². The van der Waals surface area contributed by atoms with Gasteiger partial charge in [-0.05, 0) is 0 Å². The zero-order valence-electron chi connectivity index (χ0n) is 6.71. The van der Waals surface area contributed by atoms with Crippen LogP contribution in [-0.2, 0) is 17.1 Å². The van der Waals surface area contributed by atoms with Gasteiger partial charge in [-0.3, -0.25) is 0 Å². The van der Waals surface area contributed by atoms with Crippen molar-refractivity contribution in [1.82, 2.24) is 0 Å². The molecule has 0 amide bonds. The fourth-order valence-corrected chi connectivity index (χ4v) is 1.90. The normalized spacial score (nSPS) is 8.67. The Morgan fingerprint density at radius 1 is 0.667 bits per heavy atom. The van der Waals surface area contributed by atoms with Gasteiger partial charge < -0.3 is 0 Å². The fourth-order valence-electron chi connectivity index (χ4n) is 0.830. The van der Waals surface area contributed by atoms with Crippen LogP contribution < -0.4 is 0 Å². The van der Waals surface area contributed by atoms with Gasteiger partial charge in [0.2, 0.25) is 0 Å². The zero-order valence-corrected chi connectivity index (χ0v) is 10.7. The molecule has 0 saturated carbocycles. The predicted octanol–water partition coefficient (Wildman–Crippen LogP) is 4.04. The summed E-state index contributed by atoms with van der Waals surface area (Å²) in [5, 5.41) is 17.2. The van der Waals surface area contributed by atoms with Gasteiger partial charge in [0.1, 0.15) is 12.1 Å². The number of halogens is 4. The predicted molar refractivity (Wildman–Crippen MR) is 55.9 cm³/mol. The molecule has 15 heavy (non-hydrogen) atoms. The Hall–Kier alpha value is -0.121. The molecule has 1 aromatic carbocycles. The summed E-state index contributed by atoms with van der Waals surface area (Å²) in [6, 6.07) is 3.50. The van der Waals surface area contributed by atoms with Crippen LogP contribution in [0.5, 0.6) is 0 Å². The first kappa shape index (κ1) is 14.9. The SMILES string of the molecule is N#Cc1c(Cl)c(Cl)c(Cl)c(C#N)c1Cl.[Cu]. The number of nitrogens with zero attached hydrogens (tertiary/aromatic N) is 2. The first-order chi connectivity index (χ1) is 6.54. The van der Waals surface area contributed by atoms with E-state index in [1.807, 2.05) is 0 Å². The zero-order chi connectivity index (χ0) is 10.9. The molecule has 2 nitrogen and oxygen atoms in total. The van der Waals surface area contributed by atoms with Crippen LogP contribution in [0, 0.1) is 22.7 Å². The molecule has 0 bridgehead atoms. The number of rotatable bonds is 0. The molecule has 7 heteroatoms. The van der Waals surface area contributed by atoms with Crippen LogP contribution >= 0.6 is 46.4 Å². The summed E-state index contributed by atoms with van der Waals surface area (Å²) in [6.07, 6.45) is 0. The Morgan fingerprint density at radius 3 is 1.27 bits per heavy atom. The molecule has 0 aromatic heterocycles. The summed E-state index contributed by atoms with van der Waals surface area (Å²) in [5.74, 6) is 0. The molecule has 0 aliphatic rings. The van der Waals surface area contributed by atoms with Gasteiger partial charge in [-0.1, -0.05) is 46.4 Å². The third kappa shape index (κ3) is 2.52. The van der Waals surface area contributed by atoms with Crippen LogP contribution in [-0.4, -0.2) is 0 Å². The van der Waals surface area contributed by atoms with Crippen LogP contribution in [0.4, 0.5) is 0 Å². The second-order valence-electron chi connectivity index (χ2n) is 2.23. The van der Waals surface area contributed by atoms with Gasteiger partial charge in [-0.2, -0.15) is 10.5 Å². The summed E-state index contributed by atoms with van der Waals surface area (Å²) in [5.41, 5.74) is -0.0847. The average molecular weight is 329 g/mol. The molecule has 0 unspecified atom stereocenters. The number of nitriles is 2. The Bertz CT molecular complexity index is 446. The average Bonchev–Trinajstić information content (AvgIpc) is 2.16. The second kappa shape index (κ2) is 5.83. The number of hydrogen-bond acceptors (Lipinski definition) is 2. The molecule has 1 rings (SSSR count). The third-order valence-corrected chi connectivity index (χ3v) is 3.19. The summed E-state index contributed by atoms with van der Waals surface area (Å²) in [7, 11) is 0. The van der Waals surface area contributed by atoms with E-state index in [-0.39, 0.29) is 48.3 Å². The van der Waals surface area contributed by atoms with Gasteiger partial charge >= 0.3 is 0 Å². The molecule has 0 aliphatic carbocycles. The van der Waals surface area contributed by atoms with E-state index in [1.165, 1.54) is 0 Å². The fraction of sp³-hybridized carbons (Fsp3) is 0. The van der Waals surface area contributed by atoms with E-state index in [2.05, 4.69) is 0 Å². The van der Waals surface area contributed by atoms with Gasteiger partial charge in [-0.15, -0.1) is 0 Å². The first-order valence-corrected chi connectivity index (χ1v) is 4.72. The van der Waals surface area contributed by atoms with Crippen LogP contribution in [0.25, 0.3) is 0 Å². The largest absolute Gasteiger partial charge is 0.192 e.